The highest BCUT2D eigenvalue weighted by molar-refractivity contribution is 9.10. The minimum atomic E-state index is -0.338. The second-order valence-electron chi connectivity index (χ2n) is 3.49. The first-order valence-electron chi connectivity index (χ1n) is 4.90. The maximum absolute atomic E-state index is 11.7. The van der Waals surface area contributed by atoms with Gasteiger partial charge < -0.3 is 10.1 Å². The van der Waals surface area contributed by atoms with Crippen molar-refractivity contribution in [2.75, 3.05) is 11.9 Å². The van der Waals surface area contributed by atoms with E-state index in [4.69, 9.17) is 16.3 Å². The van der Waals surface area contributed by atoms with E-state index < -0.39 is 0 Å². The van der Waals surface area contributed by atoms with E-state index in [0.717, 1.165) is 12.8 Å². The van der Waals surface area contributed by atoms with Gasteiger partial charge in [0.15, 0.2) is 0 Å². The van der Waals surface area contributed by atoms with Gasteiger partial charge in [0.25, 0.3) is 5.91 Å². The van der Waals surface area contributed by atoms with Crippen LogP contribution in [0.1, 0.15) is 12.8 Å². The van der Waals surface area contributed by atoms with Crippen LogP contribution < -0.4 is 5.32 Å². The molecule has 16 heavy (non-hydrogen) atoms. The van der Waals surface area contributed by atoms with E-state index in [2.05, 4.69) is 26.2 Å². The Kier molecular flexibility index (Phi) is 3.78. The third kappa shape index (κ3) is 2.72. The molecular weight excluding hydrogens is 295 g/mol. The summed E-state index contributed by atoms with van der Waals surface area (Å²) in [4.78, 5) is 15.6. The van der Waals surface area contributed by atoms with Crippen LogP contribution in [0.4, 0.5) is 5.69 Å². The first-order valence-corrected chi connectivity index (χ1v) is 6.07. The Labute approximate surface area is 106 Å². The fourth-order valence-corrected chi connectivity index (χ4v) is 1.95. The van der Waals surface area contributed by atoms with E-state index >= 15 is 0 Å². The van der Waals surface area contributed by atoms with Crippen LogP contribution in [0.15, 0.2) is 16.7 Å². The Morgan fingerprint density at radius 3 is 3.12 bits per heavy atom. The van der Waals surface area contributed by atoms with Crippen molar-refractivity contribution in [1.82, 2.24) is 4.98 Å². The highest BCUT2D eigenvalue weighted by Gasteiger charge is 2.23. The summed E-state index contributed by atoms with van der Waals surface area (Å²) < 4.78 is 5.92. The van der Waals surface area contributed by atoms with Crippen LogP contribution in [-0.2, 0) is 9.53 Å². The van der Waals surface area contributed by atoms with Gasteiger partial charge in [0.1, 0.15) is 11.3 Å². The Morgan fingerprint density at radius 1 is 1.69 bits per heavy atom. The van der Waals surface area contributed by atoms with E-state index in [0.29, 0.717) is 21.9 Å². The lowest BCUT2D eigenvalue weighted by atomic mass is 10.2. The zero-order valence-corrected chi connectivity index (χ0v) is 10.7. The molecular formula is C10H10BrClN2O2. The molecule has 1 unspecified atom stereocenters. The summed E-state index contributed by atoms with van der Waals surface area (Å²) >= 11 is 8.99. The first kappa shape index (κ1) is 11.8. The van der Waals surface area contributed by atoms with Crippen molar-refractivity contribution >= 4 is 39.1 Å². The number of nitrogens with one attached hydrogen (secondary N) is 1. The zero-order valence-electron chi connectivity index (χ0n) is 8.37. The number of halogens is 2. The van der Waals surface area contributed by atoms with Crippen LogP contribution in [0.2, 0.25) is 5.15 Å². The van der Waals surface area contributed by atoms with Crippen molar-refractivity contribution in [3.8, 4) is 0 Å². The van der Waals surface area contributed by atoms with Crippen LogP contribution in [0.25, 0.3) is 0 Å². The van der Waals surface area contributed by atoms with Gasteiger partial charge in [0.05, 0.1) is 16.4 Å². The minimum absolute atomic E-state index is 0.131. The number of nitrogens with zero attached hydrogens (tertiary/aromatic N) is 1. The second kappa shape index (κ2) is 5.12. The molecule has 1 aliphatic heterocycles. The molecule has 1 aromatic heterocycles. The molecule has 4 nitrogen and oxygen atoms in total. The molecule has 86 valence electrons. The van der Waals surface area contributed by atoms with Gasteiger partial charge in [-0.25, -0.2) is 4.98 Å². The molecule has 2 rings (SSSR count). The van der Waals surface area contributed by atoms with Crippen LogP contribution in [-0.4, -0.2) is 23.6 Å². The molecule has 0 saturated carbocycles. The smallest absolute Gasteiger partial charge is 0.253 e. The van der Waals surface area contributed by atoms with Gasteiger partial charge in [-0.2, -0.15) is 0 Å². The number of anilines is 1. The van der Waals surface area contributed by atoms with E-state index in [-0.39, 0.29) is 12.0 Å². The van der Waals surface area contributed by atoms with E-state index in [9.17, 15) is 4.79 Å². The van der Waals surface area contributed by atoms with Crippen molar-refractivity contribution < 1.29 is 9.53 Å². The predicted molar refractivity (Wildman–Crippen MR) is 64.6 cm³/mol. The molecule has 0 spiro atoms. The lowest BCUT2D eigenvalue weighted by Gasteiger charge is -2.10. The molecule has 0 bridgehead atoms. The fourth-order valence-electron chi connectivity index (χ4n) is 1.50. The Morgan fingerprint density at radius 2 is 2.50 bits per heavy atom. The summed E-state index contributed by atoms with van der Waals surface area (Å²) in [5.41, 5.74) is 0.608. The molecule has 1 aliphatic rings. The standard InChI is InChI=1S/C10H10BrClN2O2/c11-7-4-6(5-13-9(7)12)14-10(15)8-2-1-3-16-8/h4-5,8H,1-3H2,(H,14,15). The number of hydrogen-bond acceptors (Lipinski definition) is 3. The molecule has 1 fully saturated rings. The lowest BCUT2D eigenvalue weighted by molar-refractivity contribution is -0.124. The number of carbonyl (C=O) groups is 1. The monoisotopic (exact) mass is 304 g/mol. The summed E-state index contributed by atoms with van der Waals surface area (Å²) in [5, 5.41) is 3.11. The fraction of sp³-hybridized carbons (Fsp3) is 0.400. The van der Waals surface area contributed by atoms with Gasteiger partial charge in [0, 0.05) is 6.61 Å². The minimum Gasteiger partial charge on any atom is -0.368 e. The quantitative estimate of drug-likeness (QED) is 0.855. The summed E-state index contributed by atoms with van der Waals surface area (Å²) in [5.74, 6) is -0.131. The SMILES string of the molecule is O=C(Nc1cnc(Cl)c(Br)c1)C1CCCO1. The number of pyridine rings is 1. The van der Waals surface area contributed by atoms with Crippen molar-refractivity contribution in [1.29, 1.82) is 0 Å². The normalized spacial score (nSPS) is 19.8. The van der Waals surface area contributed by atoms with Gasteiger partial charge in [-0.1, -0.05) is 11.6 Å². The maximum atomic E-state index is 11.7. The van der Waals surface area contributed by atoms with Crippen molar-refractivity contribution in [3.05, 3.63) is 21.9 Å². The van der Waals surface area contributed by atoms with Crippen molar-refractivity contribution in [3.63, 3.8) is 0 Å². The van der Waals surface area contributed by atoms with E-state index in [1.165, 1.54) is 6.20 Å². The van der Waals surface area contributed by atoms with E-state index in [1.54, 1.807) is 6.07 Å². The second-order valence-corrected chi connectivity index (χ2v) is 4.70. The number of ether oxygens (including phenoxy) is 1. The third-order valence-corrected chi connectivity index (χ3v) is 3.42. The highest BCUT2D eigenvalue weighted by Crippen LogP contribution is 2.23. The van der Waals surface area contributed by atoms with Crippen molar-refractivity contribution in [2.24, 2.45) is 0 Å². The van der Waals surface area contributed by atoms with Gasteiger partial charge >= 0.3 is 0 Å². The first-order chi connectivity index (χ1) is 7.66. The Bertz CT molecular complexity index is 408. The third-order valence-electron chi connectivity index (χ3n) is 2.29. The average molecular weight is 306 g/mol. The maximum Gasteiger partial charge on any atom is 0.253 e. The van der Waals surface area contributed by atoms with Crippen LogP contribution in [0.3, 0.4) is 0 Å². The van der Waals surface area contributed by atoms with Crippen molar-refractivity contribution in [2.45, 2.75) is 18.9 Å². The van der Waals surface area contributed by atoms with Crippen LogP contribution in [0.5, 0.6) is 0 Å². The molecule has 1 amide bonds. The van der Waals surface area contributed by atoms with Gasteiger partial charge in [-0.3, -0.25) is 4.79 Å². The summed E-state index contributed by atoms with van der Waals surface area (Å²) in [6.45, 7) is 0.653. The Balaban J connectivity index is 2.02. The summed E-state index contributed by atoms with van der Waals surface area (Å²) in [6.07, 6.45) is 2.88. The summed E-state index contributed by atoms with van der Waals surface area (Å²) in [7, 11) is 0. The molecule has 2 heterocycles. The van der Waals surface area contributed by atoms with Gasteiger partial charge in [-0.05, 0) is 34.8 Å². The molecule has 1 saturated heterocycles. The molecule has 0 aromatic carbocycles. The largest absolute Gasteiger partial charge is 0.368 e. The lowest BCUT2D eigenvalue weighted by Crippen LogP contribution is -2.26. The predicted octanol–water partition coefficient (Wildman–Crippen LogP) is 2.62. The molecule has 1 aromatic rings. The molecule has 1 atom stereocenters. The van der Waals surface area contributed by atoms with Crippen LogP contribution in [0, 0.1) is 0 Å². The number of aromatic nitrogens is 1. The van der Waals surface area contributed by atoms with Gasteiger partial charge in [0.2, 0.25) is 0 Å². The number of rotatable bonds is 2. The molecule has 1 N–H and O–H groups in total. The molecule has 6 heteroatoms. The van der Waals surface area contributed by atoms with E-state index in [1.807, 2.05) is 0 Å². The zero-order chi connectivity index (χ0) is 11.5. The average Bonchev–Trinajstić information content (AvgIpc) is 2.77. The molecule has 0 aliphatic carbocycles. The highest BCUT2D eigenvalue weighted by atomic mass is 79.9. The van der Waals surface area contributed by atoms with Gasteiger partial charge in [-0.15, -0.1) is 0 Å². The number of carbonyl (C=O) groups excluding carboxylic acids is 1. The topological polar surface area (TPSA) is 51.2 Å². The van der Waals surface area contributed by atoms with Crippen LogP contribution >= 0.6 is 27.5 Å². The Hall–Kier alpha value is -0.650. The summed E-state index contributed by atoms with van der Waals surface area (Å²) in [6, 6.07) is 1.71. The number of amides is 1. The number of hydrogen-bond donors (Lipinski definition) is 1. The molecule has 0 radical (unpaired) electrons.